The van der Waals surface area contributed by atoms with Crippen molar-refractivity contribution in [3.05, 3.63) is 43.3 Å². The number of thiophene rings is 2. The molecule has 0 amide bonds. The molecule has 0 unspecified atom stereocenters. The van der Waals surface area contributed by atoms with Crippen LogP contribution in [0.4, 0.5) is 0 Å². The third kappa shape index (κ3) is 3.19. The van der Waals surface area contributed by atoms with E-state index in [1.54, 1.807) is 17.4 Å². The maximum atomic E-state index is 10.9. The summed E-state index contributed by atoms with van der Waals surface area (Å²) < 4.78 is 0. The average molecular weight is 281 g/mol. The van der Waals surface area contributed by atoms with Crippen molar-refractivity contribution in [3.63, 3.8) is 0 Å². The van der Waals surface area contributed by atoms with Crippen LogP contribution in [0, 0.1) is 13.8 Å². The molecule has 0 saturated heterocycles. The van der Waals surface area contributed by atoms with E-state index in [0.29, 0.717) is 11.4 Å². The molecule has 2 aromatic rings. The fraction of sp³-hybridized carbons (Fsp3) is 0.308. The fourth-order valence-corrected chi connectivity index (χ4v) is 3.44. The highest BCUT2D eigenvalue weighted by Crippen LogP contribution is 2.22. The molecule has 0 aliphatic heterocycles. The van der Waals surface area contributed by atoms with Gasteiger partial charge in [0.2, 0.25) is 0 Å². The lowest BCUT2D eigenvalue weighted by atomic mass is 10.2. The summed E-state index contributed by atoms with van der Waals surface area (Å²) in [6.07, 6.45) is 0. The first-order chi connectivity index (χ1) is 8.56. The molecule has 0 saturated carbocycles. The molecule has 0 bridgehead atoms. The van der Waals surface area contributed by atoms with Gasteiger partial charge in [0.1, 0.15) is 4.88 Å². The molecule has 2 heterocycles. The van der Waals surface area contributed by atoms with Crippen LogP contribution in [0.25, 0.3) is 0 Å². The van der Waals surface area contributed by atoms with Crippen molar-refractivity contribution in [2.45, 2.75) is 26.9 Å². The lowest BCUT2D eigenvalue weighted by molar-refractivity contribution is 0.0702. The Hall–Kier alpha value is -1.17. The van der Waals surface area contributed by atoms with Gasteiger partial charge in [-0.1, -0.05) is 0 Å². The Labute approximate surface area is 114 Å². The van der Waals surface area contributed by atoms with E-state index in [-0.39, 0.29) is 0 Å². The Morgan fingerprint density at radius 3 is 2.61 bits per heavy atom. The number of carboxylic acid groups (broad SMARTS) is 1. The Morgan fingerprint density at radius 2 is 2.06 bits per heavy atom. The molecule has 2 aromatic heterocycles. The van der Waals surface area contributed by atoms with Gasteiger partial charge in [-0.05, 0) is 37.6 Å². The molecule has 0 aliphatic rings. The van der Waals surface area contributed by atoms with Gasteiger partial charge in [-0.25, -0.2) is 4.79 Å². The number of hydrogen-bond acceptors (Lipinski definition) is 4. The van der Waals surface area contributed by atoms with Gasteiger partial charge >= 0.3 is 5.97 Å². The van der Waals surface area contributed by atoms with E-state index in [9.17, 15) is 4.79 Å². The van der Waals surface area contributed by atoms with E-state index in [1.165, 1.54) is 21.1 Å². The molecule has 96 valence electrons. The van der Waals surface area contributed by atoms with Crippen LogP contribution in [0.3, 0.4) is 0 Å². The Morgan fingerprint density at radius 1 is 1.28 bits per heavy atom. The molecular formula is C13H15NO2S2. The molecule has 2 rings (SSSR count). The number of carboxylic acids is 1. The Balaban J connectivity index is 1.92. The number of rotatable bonds is 5. The topological polar surface area (TPSA) is 49.3 Å². The molecule has 0 atom stereocenters. The van der Waals surface area contributed by atoms with Gasteiger partial charge in [-0.15, -0.1) is 22.7 Å². The van der Waals surface area contributed by atoms with Crippen molar-refractivity contribution in [2.75, 3.05) is 0 Å². The number of aryl methyl sites for hydroxylation is 2. The summed E-state index contributed by atoms with van der Waals surface area (Å²) in [6.45, 7) is 5.60. The molecule has 18 heavy (non-hydrogen) atoms. The van der Waals surface area contributed by atoms with E-state index >= 15 is 0 Å². The van der Waals surface area contributed by atoms with Gasteiger partial charge in [0, 0.05) is 27.7 Å². The average Bonchev–Trinajstić information content (AvgIpc) is 2.87. The normalized spacial score (nSPS) is 10.8. The van der Waals surface area contributed by atoms with Crippen molar-refractivity contribution < 1.29 is 9.90 Å². The molecule has 0 fully saturated rings. The summed E-state index contributed by atoms with van der Waals surface area (Å²) in [6, 6.07) is 5.99. The number of nitrogens with one attached hydrogen (secondary N) is 1. The molecule has 0 aliphatic carbocycles. The standard InChI is InChI=1S/C13H15NO2S2/c1-8-3-4-11(17-8)7-14-6-10-5-12(13(15)16)18-9(10)2/h3-5,14H,6-7H2,1-2H3,(H,15,16). The van der Waals surface area contributed by atoms with E-state index in [2.05, 4.69) is 24.4 Å². The molecule has 2 N–H and O–H groups in total. The van der Waals surface area contributed by atoms with E-state index in [4.69, 9.17) is 5.11 Å². The highest BCUT2D eigenvalue weighted by Gasteiger charge is 2.10. The van der Waals surface area contributed by atoms with Crippen molar-refractivity contribution in [3.8, 4) is 0 Å². The van der Waals surface area contributed by atoms with Gasteiger partial charge in [-0.3, -0.25) is 0 Å². The minimum atomic E-state index is -0.844. The summed E-state index contributed by atoms with van der Waals surface area (Å²) in [7, 11) is 0. The highest BCUT2D eigenvalue weighted by atomic mass is 32.1. The first kappa shape index (κ1) is 13.3. The van der Waals surface area contributed by atoms with Crippen molar-refractivity contribution in [1.82, 2.24) is 5.32 Å². The first-order valence-corrected chi connectivity index (χ1v) is 7.28. The van der Waals surface area contributed by atoms with Crippen molar-refractivity contribution in [2.24, 2.45) is 0 Å². The molecule has 0 spiro atoms. The largest absolute Gasteiger partial charge is 0.477 e. The summed E-state index contributed by atoms with van der Waals surface area (Å²) in [5.74, 6) is -0.844. The lowest BCUT2D eigenvalue weighted by Gasteiger charge is -2.02. The number of carbonyl (C=O) groups is 1. The number of hydrogen-bond donors (Lipinski definition) is 2. The van der Waals surface area contributed by atoms with Crippen LogP contribution >= 0.6 is 22.7 Å². The maximum absolute atomic E-state index is 10.9. The molecule has 0 radical (unpaired) electrons. The number of aromatic carboxylic acids is 1. The summed E-state index contributed by atoms with van der Waals surface area (Å²) in [5.41, 5.74) is 1.07. The van der Waals surface area contributed by atoms with E-state index in [0.717, 1.165) is 17.0 Å². The first-order valence-electron chi connectivity index (χ1n) is 5.65. The van der Waals surface area contributed by atoms with Gasteiger partial charge in [0.15, 0.2) is 0 Å². The zero-order valence-corrected chi connectivity index (χ0v) is 12.0. The monoisotopic (exact) mass is 281 g/mol. The maximum Gasteiger partial charge on any atom is 0.345 e. The third-order valence-electron chi connectivity index (χ3n) is 2.64. The van der Waals surface area contributed by atoms with Gasteiger partial charge < -0.3 is 10.4 Å². The molecular weight excluding hydrogens is 266 g/mol. The summed E-state index contributed by atoms with van der Waals surface area (Å²) in [5, 5.41) is 12.3. The van der Waals surface area contributed by atoms with Crippen LogP contribution in [0.2, 0.25) is 0 Å². The van der Waals surface area contributed by atoms with E-state index in [1.807, 2.05) is 6.92 Å². The molecule has 5 heteroatoms. The SMILES string of the molecule is Cc1ccc(CNCc2cc(C(=O)O)sc2C)s1. The van der Waals surface area contributed by atoms with Crippen LogP contribution in [-0.2, 0) is 13.1 Å². The van der Waals surface area contributed by atoms with Gasteiger partial charge in [0.05, 0.1) is 0 Å². The second kappa shape index (κ2) is 5.65. The van der Waals surface area contributed by atoms with Crippen LogP contribution < -0.4 is 5.32 Å². The van der Waals surface area contributed by atoms with E-state index < -0.39 is 5.97 Å². The second-order valence-electron chi connectivity index (χ2n) is 4.11. The Bertz CT molecular complexity index is 557. The summed E-state index contributed by atoms with van der Waals surface area (Å²) in [4.78, 5) is 15.0. The van der Waals surface area contributed by atoms with Gasteiger partial charge in [-0.2, -0.15) is 0 Å². The van der Waals surface area contributed by atoms with Crippen LogP contribution in [0.15, 0.2) is 18.2 Å². The minimum Gasteiger partial charge on any atom is -0.477 e. The van der Waals surface area contributed by atoms with Crippen molar-refractivity contribution >= 4 is 28.6 Å². The van der Waals surface area contributed by atoms with Crippen LogP contribution in [0.5, 0.6) is 0 Å². The quantitative estimate of drug-likeness (QED) is 0.883. The zero-order valence-electron chi connectivity index (χ0n) is 10.3. The minimum absolute atomic E-state index is 0.413. The highest BCUT2D eigenvalue weighted by molar-refractivity contribution is 7.14. The molecule has 3 nitrogen and oxygen atoms in total. The smallest absolute Gasteiger partial charge is 0.345 e. The fourth-order valence-electron chi connectivity index (χ4n) is 1.70. The predicted octanol–water partition coefficient (Wildman–Crippen LogP) is 3.41. The third-order valence-corrected chi connectivity index (χ3v) is 4.72. The zero-order chi connectivity index (χ0) is 13.1. The summed E-state index contributed by atoms with van der Waals surface area (Å²) >= 11 is 3.12. The van der Waals surface area contributed by atoms with Crippen LogP contribution in [-0.4, -0.2) is 11.1 Å². The predicted molar refractivity (Wildman–Crippen MR) is 75.6 cm³/mol. The second-order valence-corrected chi connectivity index (χ2v) is 6.74. The van der Waals surface area contributed by atoms with Crippen molar-refractivity contribution in [1.29, 1.82) is 0 Å². The Kier molecular flexibility index (Phi) is 4.16. The molecule has 0 aromatic carbocycles. The van der Waals surface area contributed by atoms with Crippen LogP contribution in [0.1, 0.15) is 29.9 Å². The van der Waals surface area contributed by atoms with Gasteiger partial charge in [0.25, 0.3) is 0 Å². The lowest BCUT2D eigenvalue weighted by Crippen LogP contribution is -2.11.